The fraction of sp³-hybridized carbons (Fsp3) is 0.857. The third-order valence-corrected chi connectivity index (χ3v) is 13.6. The summed E-state index contributed by atoms with van der Waals surface area (Å²) < 4.78 is 16.9. The zero-order valence-electron chi connectivity index (χ0n) is 46.3. The standard InChI is InChI=1S/C63H116O6/c1-4-7-10-13-16-19-22-25-28-30-31-33-35-38-41-44-47-50-53-56-62(65)68-59-60(58-67-61(64)55-52-49-46-43-40-37-34-27-24-21-18-15-12-9-6-3)69-63(66)57-54-51-48-45-42-39-36-32-29-26-23-20-17-14-11-8-5-2/h17,20,25-26,28-29,60H,4-16,18-19,21-24,27,30-59H2,1-3H3/b20-17+,28-25+,29-26+/t60-/m1/s1. The van der Waals surface area contributed by atoms with E-state index in [-0.39, 0.29) is 31.1 Å². The fourth-order valence-electron chi connectivity index (χ4n) is 9.00. The third-order valence-electron chi connectivity index (χ3n) is 13.6. The maximum atomic E-state index is 12.9. The predicted octanol–water partition coefficient (Wildman–Crippen LogP) is 20.4. The fourth-order valence-corrected chi connectivity index (χ4v) is 9.00. The minimum absolute atomic E-state index is 0.0719. The molecule has 1 atom stereocenters. The number of unbranched alkanes of at least 4 members (excludes halogenated alkanes) is 39. The van der Waals surface area contributed by atoms with E-state index < -0.39 is 6.10 Å². The number of hydrogen-bond acceptors (Lipinski definition) is 6. The highest BCUT2D eigenvalue weighted by atomic mass is 16.6. The maximum absolute atomic E-state index is 12.9. The van der Waals surface area contributed by atoms with Crippen molar-refractivity contribution in [1.29, 1.82) is 0 Å². The lowest BCUT2D eigenvalue weighted by atomic mass is 10.0. The molecule has 404 valence electrons. The first-order valence-electron chi connectivity index (χ1n) is 30.5. The lowest BCUT2D eigenvalue weighted by molar-refractivity contribution is -0.167. The molecule has 0 amide bonds. The predicted molar refractivity (Wildman–Crippen MR) is 298 cm³/mol. The van der Waals surface area contributed by atoms with E-state index >= 15 is 0 Å². The average molecular weight is 970 g/mol. The van der Waals surface area contributed by atoms with Gasteiger partial charge in [-0.15, -0.1) is 0 Å². The summed E-state index contributed by atoms with van der Waals surface area (Å²) in [6.07, 6.45) is 69.9. The lowest BCUT2D eigenvalue weighted by Crippen LogP contribution is -2.30. The van der Waals surface area contributed by atoms with Crippen molar-refractivity contribution in [2.75, 3.05) is 13.2 Å². The zero-order chi connectivity index (χ0) is 50.0. The summed E-state index contributed by atoms with van der Waals surface area (Å²) >= 11 is 0. The van der Waals surface area contributed by atoms with Crippen LogP contribution in [0.5, 0.6) is 0 Å². The summed E-state index contributed by atoms with van der Waals surface area (Å²) in [5.74, 6) is -0.861. The van der Waals surface area contributed by atoms with Crippen LogP contribution in [0.15, 0.2) is 36.5 Å². The molecule has 0 N–H and O–H groups in total. The summed E-state index contributed by atoms with van der Waals surface area (Å²) in [4.78, 5) is 38.2. The molecular formula is C63H116O6. The summed E-state index contributed by atoms with van der Waals surface area (Å²) in [6, 6.07) is 0. The zero-order valence-corrected chi connectivity index (χ0v) is 46.3. The van der Waals surface area contributed by atoms with Gasteiger partial charge in [-0.3, -0.25) is 14.4 Å². The molecule has 0 fully saturated rings. The molecule has 0 aromatic heterocycles. The smallest absolute Gasteiger partial charge is 0.306 e. The van der Waals surface area contributed by atoms with Crippen LogP contribution >= 0.6 is 0 Å². The number of rotatable bonds is 56. The van der Waals surface area contributed by atoms with Crippen LogP contribution < -0.4 is 0 Å². The van der Waals surface area contributed by atoms with Crippen molar-refractivity contribution in [3.63, 3.8) is 0 Å². The SMILES string of the molecule is CCCCC/C=C/C/C=C/CCCCCCCCCC(=O)O[C@@H](COC(=O)CCCCCCCCCCC/C=C/CCCCCCCC)COC(=O)CCCCCCCCCCCCCCCCC. The summed E-state index contributed by atoms with van der Waals surface area (Å²) in [5, 5.41) is 0. The van der Waals surface area contributed by atoms with Crippen LogP contribution in [0.2, 0.25) is 0 Å². The number of allylic oxidation sites excluding steroid dienone is 6. The first kappa shape index (κ1) is 66.6. The highest BCUT2D eigenvalue weighted by Gasteiger charge is 2.19. The molecule has 0 bridgehead atoms. The Hall–Kier alpha value is -2.37. The van der Waals surface area contributed by atoms with E-state index in [9.17, 15) is 14.4 Å². The van der Waals surface area contributed by atoms with Gasteiger partial charge in [0.2, 0.25) is 0 Å². The van der Waals surface area contributed by atoms with Crippen molar-refractivity contribution in [3.8, 4) is 0 Å². The lowest BCUT2D eigenvalue weighted by Gasteiger charge is -2.18. The second-order valence-corrected chi connectivity index (χ2v) is 20.6. The Balaban J connectivity index is 4.34. The Morgan fingerprint density at radius 2 is 0.522 bits per heavy atom. The number of carbonyl (C=O) groups is 3. The molecule has 6 nitrogen and oxygen atoms in total. The van der Waals surface area contributed by atoms with Gasteiger partial charge in [0.15, 0.2) is 6.10 Å². The Morgan fingerprint density at radius 3 is 0.841 bits per heavy atom. The molecule has 0 heterocycles. The molecule has 0 unspecified atom stereocenters. The van der Waals surface area contributed by atoms with Gasteiger partial charge < -0.3 is 14.2 Å². The molecule has 0 saturated carbocycles. The summed E-state index contributed by atoms with van der Waals surface area (Å²) in [7, 11) is 0. The molecule has 0 aliphatic rings. The van der Waals surface area contributed by atoms with Crippen LogP contribution in [-0.2, 0) is 28.6 Å². The molecule has 0 aromatic rings. The number of esters is 3. The second kappa shape index (κ2) is 58.2. The average Bonchev–Trinajstić information content (AvgIpc) is 3.35. The summed E-state index contributed by atoms with van der Waals surface area (Å²) in [5.41, 5.74) is 0. The first-order valence-corrected chi connectivity index (χ1v) is 30.5. The van der Waals surface area contributed by atoms with Crippen molar-refractivity contribution in [2.45, 2.75) is 335 Å². The van der Waals surface area contributed by atoms with E-state index in [1.165, 1.54) is 218 Å². The third kappa shape index (κ3) is 56.4. The molecule has 0 rings (SSSR count). The second-order valence-electron chi connectivity index (χ2n) is 20.6. The molecule has 0 saturated heterocycles. The van der Waals surface area contributed by atoms with Crippen LogP contribution in [-0.4, -0.2) is 37.2 Å². The van der Waals surface area contributed by atoms with Crippen molar-refractivity contribution in [2.24, 2.45) is 0 Å². The van der Waals surface area contributed by atoms with Gasteiger partial charge in [0.25, 0.3) is 0 Å². The highest BCUT2D eigenvalue weighted by Crippen LogP contribution is 2.17. The van der Waals surface area contributed by atoms with E-state index in [1.807, 2.05) is 0 Å². The Labute approximate surface area is 429 Å². The topological polar surface area (TPSA) is 78.9 Å². The number of carbonyl (C=O) groups excluding carboxylic acids is 3. The van der Waals surface area contributed by atoms with Crippen LogP contribution in [0.25, 0.3) is 0 Å². The monoisotopic (exact) mass is 969 g/mol. The molecule has 0 radical (unpaired) electrons. The molecular weight excluding hydrogens is 853 g/mol. The van der Waals surface area contributed by atoms with Gasteiger partial charge in [-0.2, -0.15) is 0 Å². The van der Waals surface area contributed by atoms with E-state index in [0.717, 1.165) is 70.6 Å². The van der Waals surface area contributed by atoms with E-state index in [1.54, 1.807) is 0 Å². The van der Waals surface area contributed by atoms with Crippen LogP contribution in [0, 0.1) is 0 Å². The van der Waals surface area contributed by atoms with Crippen LogP contribution in [0.1, 0.15) is 329 Å². The molecule has 0 aliphatic heterocycles. The van der Waals surface area contributed by atoms with Gasteiger partial charge in [-0.1, -0.05) is 269 Å². The number of hydrogen-bond donors (Lipinski definition) is 0. The molecule has 6 heteroatoms. The normalized spacial score (nSPS) is 12.2. The van der Waals surface area contributed by atoms with Crippen LogP contribution in [0.4, 0.5) is 0 Å². The first-order chi connectivity index (χ1) is 34.0. The van der Waals surface area contributed by atoms with Gasteiger partial charge >= 0.3 is 17.9 Å². The minimum Gasteiger partial charge on any atom is -0.462 e. The Kier molecular flexibility index (Phi) is 56.2. The van der Waals surface area contributed by atoms with Crippen molar-refractivity contribution < 1.29 is 28.6 Å². The van der Waals surface area contributed by atoms with E-state index in [4.69, 9.17) is 14.2 Å². The quantitative estimate of drug-likeness (QED) is 0.0261. The molecule has 0 spiro atoms. The van der Waals surface area contributed by atoms with Gasteiger partial charge in [0.05, 0.1) is 0 Å². The summed E-state index contributed by atoms with van der Waals surface area (Å²) in [6.45, 7) is 6.65. The Bertz CT molecular complexity index is 1160. The molecule has 0 aromatic carbocycles. The van der Waals surface area contributed by atoms with Crippen molar-refractivity contribution in [1.82, 2.24) is 0 Å². The van der Waals surface area contributed by atoms with Gasteiger partial charge in [-0.25, -0.2) is 0 Å². The van der Waals surface area contributed by atoms with Crippen molar-refractivity contribution >= 4 is 17.9 Å². The molecule has 0 aliphatic carbocycles. The van der Waals surface area contributed by atoms with Gasteiger partial charge in [0, 0.05) is 19.3 Å². The van der Waals surface area contributed by atoms with Gasteiger partial charge in [-0.05, 0) is 77.0 Å². The maximum Gasteiger partial charge on any atom is 0.306 e. The van der Waals surface area contributed by atoms with Gasteiger partial charge in [0.1, 0.15) is 13.2 Å². The van der Waals surface area contributed by atoms with E-state index in [2.05, 4.69) is 57.2 Å². The van der Waals surface area contributed by atoms with Crippen molar-refractivity contribution in [3.05, 3.63) is 36.5 Å². The van der Waals surface area contributed by atoms with Crippen LogP contribution in [0.3, 0.4) is 0 Å². The number of ether oxygens (including phenoxy) is 3. The Morgan fingerprint density at radius 1 is 0.290 bits per heavy atom. The molecule has 69 heavy (non-hydrogen) atoms. The largest absolute Gasteiger partial charge is 0.462 e. The highest BCUT2D eigenvalue weighted by molar-refractivity contribution is 5.71. The van der Waals surface area contributed by atoms with E-state index in [0.29, 0.717) is 19.3 Å². The minimum atomic E-state index is -0.775.